The van der Waals surface area contributed by atoms with E-state index in [-0.39, 0.29) is 42.7 Å². The Morgan fingerprint density at radius 2 is 1.04 bits per heavy atom. The van der Waals surface area contributed by atoms with E-state index in [1.54, 1.807) is 21.1 Å². The van der Waals surface area contributed by atoms with Crippen LogP contribution in [0.3, 0.4) is 0 Å². The lowest BCUT2D eigenvalue weighted by Crippen LogP contribution is -2.55. The first kappa shape index (κ1) is 51.3. The summed E-state index contributed by atoms with van der Waals surface area (Å²) in [6.07, 6.45) is 42.7. The fourth-order valence-electron chi connectivity index (χ4n) is 6.08. The van der Waals surface area contributed by atoms with Gasteiger partial charge in [0.05, 0.1) is 40.3 Å². The van der Waals surface area contributed by atoms with E-state index in [1.165, 1.54) is 57.8 Å². The number of likely N-dealkylation sites (N-methyl/N-ethyl adjacent to an activating group) is 1. The molecule has 0 aliphatic carbocycles. The van der Waals surface area contributed by atoms with Gasteiger partial charge >= 0.3 is 11.9 Å². The average Bonchev–Trinajstić information content (AvgIpc) is 3.12. The number of rotatable bonds is 38. The van der Waals surface area contributed by atoms with Crippen LogP contribution in [0.15, 0.2) is 48.6 Å². The molecular weight excluding hydrogens is 679 g/mol. The van der Waals surface area contributed by atoms with Crippen LogP contribution >= 0.6 is 0 Å². The van der Waals surface area contributed by atoms with Crippen molar-refractivity contribution in [3.63, 3.8) is 0 Å². The van der Waals surface area contributed by atoms with E-state index in [9.17, 15) is 19.5 Å². The van der Waals surface area contributed by atoms with Crippen molar-refractivity contribution < 1.29 is 38.2 Å². The van der Waals surface area contributed by atoms with Crippen molar-refractivity contribution in [2.75, 3.05) is 41.0 Å². The number of allylic oxidation sites excluding steroid dienone is 8. The zero-order valence-corrected chi connectivity index (χ0v) is 35.4. The highest BCUT2D eigenvalue weighted by molar-refractivity contribution is 5.70. The standard InChI is InChI=1S/C46H81NO7/c1-6-8-10-12-14-16-18-20-22-23-25-27-29-31-33-35-37-45(49)54-42(40-52-39-38-43(46(50)51)47(3,4)5)41-53-44(48)36-34-32-30-28-26-24-21-19-17-15-13-11-9-7-2/h8,10,14,16,20,22,24,26,42-43H,6-7,9,11-13,15,17-19,21,23,25,27-41H2,1-5H3/b10-8+,16-14+,22-20+,26-24+. The van der Waals surface area contributed by atoms with E-state index < -0.39 is 18.1 Å². The molecule has 0 heterocycles. The summed E-state index contributed by atoms with van der Waals surface area (Å²) < 4.78 is 17.1. The van der Waals surface area contributed by atoms with Crippen LogP contribution in [0.1, 0.15) is 174 Å². The lowest BCUT2D eigenvalue weighted by molar-refractivity contribution is -0.889. The van der Waals surface area contributed by atoms with E-state index in [1.807, 2.05) is 0 Å². The fourth-order valence-corrected chi connectivity index (χ4v) is 6.08. The molecule has 0 aliphatic heterocycles. The summed E-state index contributed by atoms with van der Waals surface area (Å²) in [5, 5.41) is 11.6. The molecule has 0 N–H and O–H groups in total. The van der Waals surface area contributed by atoms with Gasteiger partial charge in [0.1, 0.15) is 12.6 Å². The maximum atomic E-state index is 12.7. The number of carboxylic acid groups (broad SMARTS) is 1. The van der Waals surface area contributed by atoms with E-state index in [2.05, 4.69) is 62.5 Å². The maximum Gasteiger partial charge on any atom is 0.306 e. The zero-order valence-electron chi connectivity index (χ0n) is 35.4. The molecule has 0 aromatic heterocycles. The SMILES string of the molecule is CC/C=C/C/C=C/C/C=C/CCCCCCCCC(=O)OC(COCCC(C(=O)[O-])[N+](C)(C)C)COC(=O)CCCCC/C=C/CCCCCCCCC. The third-order valence-electron chi connectivity index (χ3n) is 9.45. The van der Waals surface area contributed by atoms with Crippen molar-refractivity contribution in [1.82, 2.24) is 0 Å². The van der Waals surface area contributed by atoms with E-state index >= 15 is 0 Å². The molecule has 0 fully saturated rings. The van der Waals surface area contributed by atoms with Gasteiger partial charge in [-0.3, -0.25) is 9.59 Å². The molecule has 54 heavy (non-hydrogen) atoms. The lowest BCUT2D eigenvalue weighted by atomic mass is 10.1. The highest BCUT2D eigenvalue weighted by Crippen LogP contribution is 2.13. The minimum atomic E-state index is -1.13. The van der Waals surface area contributed by atoms with Gasteiger partial charge in [0.15, 0.2) is 6.10 Å². The number of nitrogens with zero attached hydrogens (tertiary/aromatic N) is 1. The number of ether oxygens (including phenoxy) is 3. The van der Waals surface area contributed by atoms with Gasteiger partial charge in [-0.2, -0.15) is 0 Å². The summed E-state index contributed by atoms with van der Waals surface area (Å²) >= 11 is 0. The Balaban J connectivity index is 4.40. The fraction of sp³-hybridized carbons (Fsp3) is 0.761. The molecule has 0 amide bonds. The van der Waals surface area contributed by atoms with Crippen LogP contribution in [0.25, 0.3) is 0 Å². The molecule has 0 bridgehead atoms. The molecule has 8 nitrogen and oxygen atoms in total. The second kappa shape index (κ2) is 37.2. The van der Waals surface area contributed by atoms with E-state index in [0.717, 1.165) is 83.5 Å². The second-order valence-electron chi connectivity index (χ2n) is 15.5. The lowest BCUT2D eigenvalue weighted by Gasteiger charge is -2.34. The molecule has 0 aromatic rings. The number of hydrogen-bond acceptors (Lipinski definition) is 7. The number of quaternary nitrogens is 1. The number of unbranched alkanes of at least 4 members (excludes halogenated alkanes) is 16. The molecular formula is C46H81NO7. The zero-order chi connectivity index (χ0) is 40.0. The van der Waals surface area contributed by atoms with Gasteiger partial charge in [-0.15, -0.1) is 0 Å². The molecule has 0 aromatic carbocycles. The Morgan fingerprint density at radius 3 is 1.57 bits per heavy atom. The van der Waals surface area contributed by atoms with Gasteiger partial charge in [-0.1, -0.05) is 133 Å². The monoisotopic (exact) mass is 760 g/mol. The summed E-state index contributed by atoms with van der Waals surface area (Å²) in [6.45, 7) is 4.51. The van der Waals surface area contributed by atoms with Gasteiger partial charge in [0, 0.05) is 19.3 Å². The predicted octanol–water partition coefficient (Wildman–Crippen LogP) is 10.3. The minimum absolute atomic E-state index is 0.0299. The van der Waals surface area contributed by atoms with Gasteiger partial charge < -0.3 is 28.6 Å². The van der Waals surface area contributed by atoms with Crippen LogP contribution in [0.4, 0.5) is 0 Å². The number of carbonyl (C=O) groups is 3. The Bertz CT molecular complexity index is 1030. The highest BCUT2D eigenvalue weighted by Gasteiger charge is 2.25. The maximum absolute atomic E-state index is 12.7. The molecule has 0 rings (SSSR count). The van der Waals surface area contributed by atoms with Gasteiger partial charge in [0.2, 0.25) is 0 Å². The quantitative estimate of drug-likeness (QED) is 0.0267. The Kier molecular flexibility index (Phi) is 35.4. The first-order valence-electron chi connectivity index (χ1n) is 21.7. The van der Waals surface area contributed by atoms with Crippen LogP contribution in [0, 0.1) is 0 Å². The molecule has 2 unspecified atom stereocenters. The van der Waals surface area contributed by atoms with Gasteiger partial charge in [0.25, 0.3) is 0 Å². The predicted molar refractivity (Wildman–Crippen MR) is 222 cm³/mol. The normalized spacial score (nSPS) is 13.4. The van der Waals surface area contributed by atoms with Gasteiger partial charge in [-0.25, -0.2) is 0 Å². The first-order valence-corrected chi connectivity index (χ1v) is 21.7. The average molecular weight is 760 g/mol. The summed E-state index contributed by atoms with van der Waals surface area (Å²) in [6, 6.07) is -0.730. The van der Waals surface area contributed by atoms with Crippen molar-refractivity contribution in [2.24, 2.45) is 0 Å². The van der Waals surface area contributed by atoms with Crippen LogP contribution in [0.2, 0.25) is 0 Å². The van der Waals surface area contributed by atoms with Crippen molar-refractivity contribution in [3.8, 4) is 0 Å². The molecule has 2 atom stereocenters. The molecule has 0 radical (unpaired) electrons. The smallest absolute Gasteiger partial charge is 0.306 e. The Hall–Kier alpha value is -2.71. The van der Waals surface area contributed by atoms with Crippen LogP contribution in [-0.2, 0) is 28.6 Å². The molecule has 0 saturated carbocycles. The largest absolute Gasteiger partial charge is 0.544 e. The van der Waals surface area contributed by atoms with E-state index in [4.69, 9.17) is 14.2 Å². The second-order valence-corrected chi connectivity index (χ2v) is 15.5. The number of carboxylic acids is 1. The first-order chi connectivity index (χ1) is 26.1. The van der Waals surface area contributed by atoms with Crippen molar-refractivity contribution in [2.45, 2.75) is 187 Å². The highest BCUT2D eigenvalue weighted by atomic mass is 16.6. The number of hydrogen-bond donors (Lipinski definition) is 0. The molecule has 0 aliphatic rings. The Morgan fingerprint density at radius 1 is 0.574 bits per heavy atom. The van der Waals surface area contributed by atoms with Crippen LogP contribution in [0.5, 0.6) is 0 Å². The summed E-state index contributed by atoms with van der Waals surface area (Å²) in [7, 11) is 5.39. The van der Waals surface area contributed by atoms with E-state index in [0.29, 0.717) is 12.8 Å². The summed E-state index contributed by atoms with van der Waals surface area (Å²) in [5.74, 6) is -1.77. The van der Waals surface area contributed by atoms with Gasteiger partial charge in [-0.05, 0) is 70.6 Å². The number of esters is 2. The third kappa shape index (κ3) is 35.0. The minimum Gasteiger partial charge on any atom is -0.544 e. The van der Waals surface area contributed by atoms with Crippen LogP contribution in [-0.4, -0.2) is 75.5 Å². The molecule has 312 valence electrons. The topological polar surface area (TPSA) is 102 Å². The third-order valence-corrected chi connectivity index (χ3v) is 9.45. The van der Waals surface area contributed by atoms with Crippen molar-refractivity contribution in [3.05, 3.63) is 48.6 Å². The molecule has 0 saturated heterocycles. The van der Waals surface area contributed by atoms with Crippen molar-refractivity contribution >= 4 is 17.9 Å². The summed E-state index contributed by atoms with van der Waals surface area (Å²) in [4.78, 5) is 36.8. The molecule has 0 spiro atoms. The molecule has 8 heteroatoms. The number of aliphatic carboxylic acids is 1. The van der Waals surface area contributed by atoms with Crippen molar-refractivity contribution in [1.29, 1.82) is 0 Å². The number of carbonyl (C=O) groups excluding carboxylic acids is 3. The van der Waals surface area contributed by atoms with Crippen LogP contribution < -0.4 is 5.11 Å². The summed E-state index contributed by atoms with van der Waals surface area (Å²) in [5.41, 5.74) is 0. The Labute approximate surface area is 331 Å².